The number of anilines is 1. The Labute approximate surface area is 125 Å². The normalized spacial score (nSPS) is 18.8. The fourth-order valence-electron chi connectivity index (χ4n) is 2.23. The van der Waals surface area contributed by atoms with Gasteiger partial charge < -0.3 is 16.0 Å². The minimum Gasteiger partial charge on any atom is -0.326 e. The molecule has 0 aromatic heterocycles. The van der Waals surface area contributed by atoms with Gasteiger partial charge in [-0.3, -0.25) is 4.79 Å². The van der Waals surface area contributed by atoms with Crippen molar-refractivity contribution in [2.45, 2.75) is 25.9 Å². The Morgan fingerprint density at radius 1 is 1.45 bits per heavy atom. The highest BCUT2D eigenvalue weighted by Crippen LogP contribution is 2.16. The maximum atomic E-state index is 12.1. The molecule has 1 saturated heterocycles. The lowest BCUT2D eigenvalue weighted by atomic mass is 10.1. The van der Waals surface area contributed by atoms with Crippen LogP contribution >= 0.6 is 11.8 Å². The summed E-state index contributed by atoms with van der Waals surface area (Å²) < 4.78 is 0. The summed E-state index contributed by atoms with van der Waals surface area (Å²) >= 11 is 1.91. The molecule has 0 bridgehead atoms. The van der Waals surface area contributed by atoms with Gasteiger partial charge in [-0.25, -0.2) is 0 Å². The average molecular weight is 293 g/mol. The Morgan fingerprint density at radius 2 is 2.30 bits per heavy atom. The molecule has 1 unspecified atom stereocenters. The molecule has 5 heteroatoms. The molecule has 20 heavy (non-hydrogen) atoms. The molecule has 1 heterocycles. The summed E-state index contributed by atoms with van der Waals surface area (Å²) in [6, 6.07) is 8.27. The van der Waals surface area contributed by atoms with E-state index < -0.39 is 0 Å². The van der Waals surface area contributed by atoms with Crippen LogP contribution in [0.25, 0.3) is 0 Å². The van der Waals surface area contributed by atoms with Crippen molar-refractivity contribution in [3.05, 3.63) is 29.8 Å². The van der Waals surface area contributed by atoms with Crippen molar-refractivity contribution in [2.75, 3.05) is 29.9 Å². The third-order valence-electron chi connectivity index (χ3n) is 3.29. The molecule has 0 aliphatic carbocycles. The van der Waals surface area contributed by atoms with Gasteiger partial charge in [-0.05, 0) is 18.2 Å². The van der Waals surface area contributed by atoms with E-state index in [1.54, 1.807) is 0 Å². The summed E-state index contributed by atoms with van der Waals surface area (Å²) in [6.07, 6.45) is 0.544. The van der Waals surface area contributed by atoms with E-state index in [1.165, 1.54) is 0 Å². The highest BCUT2D eigenvalue weighted by Gasteiger charge is 2.17. The molecule has 1 atom stereocenters. The van der Waals surface area contributed by atoms with Gasteiger partial charge >= 0.3 is 0 Å². The van der Waals surface area contributed by atoms with Gasteiger partial charge in [0.2, 0.25) is 5.91 Å². The lowest BCUT2D eigenvalue weighted by molar-refractivity contribution is -0.116. The number of thioether (sulfide) groups is 1. The third-order valence-corrected chi connectivity index (χ3v) is 4.42. The predicted molar refractivity (Wildman–Crippen MR) is 86.2 cm³/mol. The van der Waals surface area contributed by atoms with E-state index in [4.69, 9.17) is 0 Å². The summed E-state index contributed by atoms with van der Waals surface area (Å²) in [5, 5.41) is 9.72. The van der Waals surface area contributed by atoms with Gasteiger partial charge in [-0.2, -0.15) is 11.8 Å². The Bertz CT molecular complexity index is 433. The maximum absolute atomic E-state index is 12.1. The second kappa shape index (κ2) is 8.29. The van der Waals surface area contributed by atoms with Crippen molar-refractivity contribution in [2.24, 2.45) is 0 Å². The minimum atomic E-state index is 0.0916. The summed E-state index contributed by atoms with van der Waals surface area (Å²) in [5.74, 6) is 2.25. The summed E-state index contributed by atoms with van der Waals surface area (Å²) in [6.45, 7) is 4.78. The van der Waals surface area contributed by atoms with Gasteiger partial charge in [-0.1, -0.05) is 25.1 Å². The van der Waals surface area contributed by atoms with Crippen molar-refractivity contribution in [3.8, 4) is 0 Å². The van der Waals surface area contributed by atoms with Crippen molar-refractivity contribution in [1.29, 1.82) is 0 Å². The van der Waals surface area contributed by atoms with Gasteiger partial charge in [0.05, 0.1) is 0 Å². The quantitative estimate of drug-likeness (QED) is 0.749. The number of carbonyl (C=O) groups excluding carboxylic acids is 1. The van der Waals surface area contributed by atoms with Crippen LogP contribution in [-0.4, -0.2) is 36.5 Å². The fraction of sp³-hybridized carbons (Fsp3) is 0.533. The van der Waals surface area contributed by atoms with E-state index in [1.807, 2.05) is 36.0 Å². The Balaban J connectivity index is 1.89. The lowest BCUT2D eigenvalue weighted by Gasteiger charge is -2.22. The van der Waals surface area contributed by atoms with Gasteiger partial charge in [0, 0.05) is 42.7 Å². The van der Waals surface area contributed by atoms with Crippen LogP contribution in [0.1, 0.15) is 18.9 Å². The van der Waals surface area contributed by atoms with Crippen LogP contribution in [0.3, 0.4) is 0 Å². The second-order valence-electron chi connectivity index (χ2n) is 4.92. The molecule has 1 aliphatic rings. The van der Waals surface area contributed by atoms with Crippen molar-refractivity contribution in [1.82, 2.24) is 10.6 Å². The number of hydrogen-bond acceptors (Lipinski definition) is 4. The third kappa shape index (κ3) is 4.81. The first-order valence-corrected chi connectivity index (χ1v) is 8.34. The molecular formula is C15H23N3OS. The average Bonchev–Trinajstić information content (AvgIpc) is 2.47. The minimum absolute atomic E-state index is 0.0916. The van der Waals surface area contributed by atoms with Crippen LogP contribution in [0.4, 0.5) is 5.69 Å². The SMILES string of the molecule is CCNCc1ccccc1NC(=O)CC1CSCCN1. The highest BCUT2D eigenvalue weighted by molar-refractivity contribution is 7.99. The molecule has 1 aromatic carbocycles. The zero-order valence-electron chi connectivity index (χ0n) is 11.9. The Kier molecular flexibility index (Phi) is 6.36. The number of nitrogens with one attached hydrogen (secondary N) is 3. The van der Waals surface area contributed by atoms with Gasteiger partial charge in [0.1, 0.15) is 0 Å². The molecule has 110 valence electrons. The van der Waals surface area contributed by atoms with Crippen LogP contribution in [0.2, 0.25) is 0 Å². The van der Waals surface area contributed by atoms with E-state index in [9.17, 15) is 4.79 Å². The summed E-state index contributed by atoms with van der Waals surface area (Å²) in [5.41, 5.74) is 2.05. The fourth-order valence-corrected chi connectivity index (χ4v) is 3.18. The summed E-state index contributed by atoms with van der Waals surface area (Å²) in [4.78, 5) is 12.1. The Morgan fingerprint density at radius 3 is 3.05 bits per heavy atom. The molecule has 1 fully saturated rings. The number of para-hydroxylation sites is 1. The van der Waals surface area contributed by atoms with Crippen molar-refractivity contribution < 1.29 is 4.79 Å². The van der Waals surface area contributed by atoms with Crippen LogP contribution in [0, 0.1) is 0 Å². The van der Waals surface area contributed by atoms with Crippen LogP contribution in [0.15, 0.2) is 24.3 Å². The van der Waals surface area contributed by atoms with Gasteiger partial charge in [0.25, 0.3) is 0 Å². The summed E-state index contributed by atoms with van der Waals surface area (Å²) in [7, 11) is 0. The van der Waals surface area contributed by atoms with E-state index in [-0.39, 0.29) is 5.91 Å². The molecular weight excluding hydrogens is 270 g/mol. The number of hydrogen-bond donors (Lipinski definition) is 3. The van der Waals surface area contributed by atoms with E-state index >= 15 is 0 Å². The van der Waals surface area contributed by atoms with E-state index in [0.29, 0.717) is 12.5 Å². The lowest BCUT2D eigenvalue weighted by Crippen LogP contribution is -2.40. The molecule has 0 spiro atoms. The largest absolute Gasteiger partial charge is 0.326 e. The number of carbonyl (C=O) groups is 1. The molecule has 3 N–H and O–H groups in total. The van der Waals surface area contributed by atoms with Crippen LogP contribution in [-0.2, 0) is 11.3 Å². The molecule has 2 rings (SSSR count). The zero-order chi connectivity index (χ0) is 14.2. The number of benzene rings is 1. The first kappa shape index (κ1) is 15.4. The highest BCUT2D eigenvalue weighted by atomic mass is 32.2. The second-order valence-corrected chi connectivity index (χ2v) is 6.07. The molecule has 1 amide bonds. The predicted octanol–water partition coefficient (Wildman–Crippen LogP) is 1.83. The smallest absolute Gasteiger partial charge is 0.225 e. The van der Waals surface area contributed by atoms with E-state index in [0.717, 1.165) is 42.4 Å². The van der Waals surface area contributed by atoms with Gasteiger partial charge in [0.15, 0.2) is 0 Å². The van der Waals surface area contributed by atoms with Gasteiger partial charge in [-0.15, -0.1) is 0 Å². The maximum Gasteiger partial charge on any atom is 0.225 e. The van der Waals surface area contributed by atoms with Crippen molar-refractivity contribution >= 4 is 23.4 Å². The molecule has 1 aliphatic heterocycles. The molecule has 1 aromatic rings. The van der Waals surface area contributed by atoms with Crippen LogP contribution in [0.5, 0.6) is 0 Å². The topological polar surface area (TPSA) is 53.2 Å². The number of rotatable bonds is 6. The molecule has 0 radical (unpaired) electrons. The molecule has 4 nitrogen and oxygen atoms in total. The first-order valence-electron chi connectivity index (χ1n) is 7.19. The van der Waals surface area contributed by atoms with Crippen molar-refractivity contribution in [3.63, 3.8) is 0 Å². The first-order chi connectivity index (χ1) is 9.79. The molecule has 0 saturated carbocycles. The Hall–Kier alpha value is -1.04. The zero-order valence-corrected chi connectivity index (χ0v) is 12.8. The van der Waals surface area contributed by atoms with E-state index in [2.05, 4.69) is 22.9 Å². The monoisotopic (exact) mass is 293 g/mol. The number of amides is 1. The standard InChI is InChI=1S/C15H23N3OS/c1-2-16-10-12-5-3-4-6-14(12)18-15(19)9-13-11-20-8-7-17-13/h3-6,13,16-17H,2,7-11H2,1H3,(H,18,19). The van der Waals surface area contributed by atoms with Crippen LogP contribution < -0.4 is 16.0 Å².